The molecule has 0 spiro atoms. The van der Waals surface area contributed by atoms with Crippen molar-refractivity contribution < 1.29 is 0 Å². The lowest BCUT2D eigenvalue weighted by Crippen LogP contribution is -2.50. The van der Waals surface area contributed by atoms with Gasteiger partial charge in [-0.2, -0.15) is 0 Å². The van der Waals surface area contributed by atoms with E-state index in [1.54, 1.807) is 0 Å². The SMILES string of the molecule is CC(C)CNCC1(CN2CCCC(C)C2C)CCCC1. The molecule has 1 saturated heterocycles. The molecule has 2 unspecified atom stereocenters. The largest absolute Gasteiger partial charge is 0.316 e. The van der Waals surface area contributed by atoms with Gasteiger partial charge in [0.15, 0.2) is 0 Å². The lowest BCUT2D eigenvalue weighted by Gasteiger charge is -2.43. The molecule has 0 bridgehead atoms. The fourth-order valence-electron chi connectivity index (χ4n) is 4.22. The van der Waals surface area contributed by atoms with Crippen molar-refractivity contribution >= 4 is 0 Å². The summed E-state index contributed by atoms with van der Waals surface area (Å²) >= 11 is 0. The molecule has 2 atom stereocenters. The first-order chi connectivity index (χ1) is 9.52. The summed E-state index contributed by atoms with van der Waals surface area (Å²) < 4.78 is 0. The molecule has 2 heteroatoms. The third-order valence-corrected chi connectivity index (χ3v) is 5.76. The average molecular weight is 280 g/mol. The van der Waals surface area contributed by atoms with Gasteiger partial charge in [0.05, 0.1) is 0 Å². The Kier molecular flexibility index (Phi) is 5.92. The number of hydrogen-bond acceptors (Lipinski definition) is 2. The summed E-state index contributed by atoms with van der Waals surface area (Å²) in [6.45, 7) is 14.6. The fourth-order valence-corrected chi connectivity index (χ4v) is 4.22. The van der Waals surface area contributed by atoms with Crippen molar-refractivity contribution in [1.29, 1.82) is 0 Å². The molecule has 1 saturated carbocycles. The standard InChI is InChI=1S/C18H36N2/c1-15(2)12-19-13-18(9-5-6-10-18)14-20-11-7-8-16(3)17(20)4/h15-17,19H,5-14H2,1-4H3. The molecule has 0 amide bonds. The van der Waals surface area contributed by atoms with Crippen LogP contribution in [0.5, 0.6) is 0 Å². The van der Waals surface area contributed by atoms with Crippen molar-refractivity contribution in [3.63, 3.8) is 0 Å². The van der Waals surface area contributed by atoms with Gasteiger partial charge in [0.25, 0.3) is 0 Å². The topological polar surface area (TPSA) is 15.3 Å². The van der Waals surface area contributed by atoms with Crippen molar-refractivity contribution in [2.45, 2.75) is 72.3 Å². The molecule has 2 aliphatic rings. The first-order valence-corrected chi connectivity index (χ1v) is 8.97. The molecule has 0 aromatic carbocycles. The molecule has 2 rings (SSSR count). The minimum absolute atomic E-state index is 0.570. The van der Waals surface area contributed by atoms with E-state index in [0.29, 0.717) is 5.41 Å². The van der Waals surface area contributed by atoms with Crippen LogP contribution in [-0.4, -0.2) is 37.1 Å². The van der Waals surface area contributed by atoms with E-state index in [1.165, 1.54) is 64.7 Å². The van der Waals surface area contributed by atoms with E-state index >= 15 is 0 Å². The smallest absolute Gasteiger partial charge is 0.00928 e. The maximum Gasteiger partial charge on any atom is 0.00928 e. The van der Waals surface area contributed by atoms with Gasteiger partial charge in [0, 0.05) is 19.1 Å². The first-order valence-electron chi connectivity index (χ1n) is 8.97. The predicted octanol–water partition coefficient (Wildman–Crippen LogP) is 3.91. The van der Waals surface area contributed by atoms with Crippen LogP contribution in [0.15, 0.2) is 0 Å². The molecule has 2 fully saturated rings. The molecule has 20 heavy (non-hydrogen) atoms. The highest BCUT2D eigenvalue weighted by atomic mass is 15.2. The van der Waals surface area contributed by atoms with E-state index in [0.717, 1.165) is 17.9 Å². The molecular weight excluding hydrogens is 244 g/mol. The van der Waals surface area contributed by atoms with Crippen molar-refractivity contribution in [2.75, 3.05) is 26.2 Å². The Morgan fingerprint density at radius 1 is 1.15 bits per heavy atom. The van der Waals surface area contributed by atoms with E-state index in [-0.39, 0.29) is 0 Å². The highest BCUT2D eigenvalue weighted by Gasteiger charge is 2.37. The Bertz CT molecular complexity index is 281. The Balaban J connectivity index is 1.90. The van der Waals surface area contributed by atoms with Gasteiger partial charge in [0.1, 0.15) is 0 Å². The molecule has 0 aromatic rings. The number of piperidine rings is 1. The van der Waals surface area contributed by atoms with Gasteiger partial charge >= 0.3 is 0 Å². The normalized spacial score (nSPS) is 31.1. The quantitative estimate of drug-likeness (QED) is 0.793. The monoisotopic (exact) mass is 280 g/mol. The van der Waals surface area contributed by atoms with E-state index in [2.05, 4.69) is 37.9 Å². The van der Waals surface area contributed by atoms with E-state index in [4.69, 9.17) is 0 Å². The first kappa shape index (κ1) is 16.3. The molecule has 1 aliphatic heterocycles. The van der Waals surface area contributed by atoms with Gasteiger partial charge < -0.3 is 5.32 Å². The fraction of sp³-hybridized carbons (Fsp3) is 1.00. The highest BCUT2D eigenvalue weighted by Crippen LogP contribution is 2.40. The Morgan fingerprint density at radius 2 is 1.85 bits per heavy atom. The maximum absolute atomic E-state index is 3.76. The summed E-state index contributed by atoms with van der Waals surface area (Å²) in [6.07, 6.45) is 8.60. The van der Waals surface area contributed by atoms with Crippen LogP contribution in [0.2, 0.25) is 0 Å². The number of nitrogens with zero attached hydrogens (tertiary/aromatic N) is 1. The zero-order valence-corrected chi connectivity index (χ0v) is 14.3. The van der Waals surface area contributed by atoms with Crippen molar-refractivity contribution in [3.05, 3.63) is 0 Å². The van der Waals surface area contributed by atoms with Crippen LogP contribution in [0, 0.1) is 17.3 Å². The van der Waals surface area contributed by atoms with Crippen LogP contribution in [0.4, 0.5) is 0 Å². The lowest BCUT2D eigenvalue weighted by molar-refractivity contribution is 0.0603. The minimum Gasteiger partial charge on any atom is -0.316 e. The average Bonchev–Trinajstić information content (AvgIpc) is 2.83. The van der Waals surface area contributed by atoms with Crippen LogP contribution in [-0.2, 0) is 0 Å². The molecule has 1 heterocycles. The molecule has 2 nitrogen and oxygen atoms in total. The Hall–Kier alpha value is -0.0800. The van der Waals surface area contributed by atoms with E-state index in [1.807, 2.05) is 0 Å². The van der Waals surface area contributed by atoms with Crippen LogP contribution < -0.4 is 5.32 Å². The molecule has 0 radical (unpaired) electrons. The molecule has 1 N–H and O–H groups in total. The van der Waals surface area contributed by atoms with E-state index in [9.17, 15) is 0 Å². The summed E-state index contributed by atoms with van der Waals surface area (Å²) in [7, 11) is 0. The second kappa shape index (κ2) is 7.26. The predicted molar refractivity (Wildman–Crippen MR) is 88.0 cm³/mol. The summed E-state index contributed by atoms with van der Waals surface area (Å²) in [5, 5.41) is 3.76. The van der Waals surface area contributed by atoms with Gasteiger partial charge in [-0.1, -0.05) is 33.6 Å². The second-order valence-corrected chi connectivity index (χ2v) is 8.06. The highest BCUT2D eigenvalue weighted by molar-refractivity contribution is 4.92. The summed E-state index contributed by atoms with van der Waals surface area (Å²) in [6, 6.07) is 0.784. The lowest BCUT2D eigenvalue weighted by atomic mass is 9.82. The summed E-state index contributed by atoms with van der Waals surface area (Å²) in [5.74, 6) is 1.65. The summed E-state index contributed by atoms with van der Waals surface area (Å²) in [5.41, 5.74) is 0.570. The van der Waals surface area contributed by atoms with Crippen LogP contribution in [0.1, 0.15) is 66.2 Å². The molecular formula is C18H36N2. The molecule has 1 aliphatic carbocycles. The van der Waals surface area contributed by atoms with Crippen molar-refractivity contribution in [1.82, 2.24) is 10.2 Å². The number of hydrogen-bond donors (Lipinski definition) is 1. The Labute approximate surface area is 126 Å². The maximum atomic E-state index is 3.76. The zero-order chi connectivity index (χ0) is 14.6. The zero-order valence-electron chi connectivity index (χ0n) is 14.3. The number of likely N-dealkylation sites (tertiary alicyclic amines) is 1. The summed E-state index contributed by atoms with van der Waals surface area (Å²) in [4.78, 5) is 2.80. The minimum atomic E-state index is 0.570. The van der Waals surface area contributed by atoms with Crippen LogP contribution in [0.25, 0.3) is 0 Å². The van der Waals surface area contributed by atoms with Crippen molar-refractivity contribution in [3.8, 4) is 0 Å². The van der Waals surface area contributed by atoms with Gasteiger partial charge in [-0.3, -0.25) is 4.90 Å². The second-order valence-electron chi connectivity index (χ2n) is 8.06. The van der Waals surface area contributed by atoms with Gasteiger partial charge in [-0.25, -0.2) is 0 Å². The van der Waals surface area contributed by atoms with Gasteiger partial charge in [-0.05, 0) is 62.9 Å². The Morgan fingerprint density at radius 3 is 2.50 bits per heavy atom. The number of rotatable bonds is 6. The van der Waals surface area contributed by atoms with Crippen molar-refractivity contribution in [2.24, 2.45) is 17.3 Å². The molecule has 118 valence electrons. The van der Waals surface area contributed by atoms with Crippen LogP contribution in [0.3, 0.4) is 0 Å². The van der Waals surface area contributed by atoms with Gasteiger partial charge in [0.2, 0.25) is 0 Å². The van der Waals surface area contributed by atoms with E-state index < -0.39 is 0 Å². The van der Waals surface area contributed by atoms with Gasteiger partial charge in [-0.15, -0.1) is 0 Å². The molecule has 0 aromatic heterocycles. The number of nitrogens with one attached hydrogen (secondary N) is 1. The van der Waals surface area contributed by atoms with Crippen LogP contribution >= 0.6 is 0 Å². The third-order valence-electron chi connectivity index (χ3n) is 5.76. The third kappa shape index (κ3) is 4.21.